The van der Waals surface area contributed by atoms with Crippen molar-refractivity contribution in [2.24, 2.45) is 0 Å². The van der Waals surface area contributed by atoms with Gasteiger partial charge in [-0.1, -0.05) is 13.3 Å². The van der Waals surface area contributed by atoms with E-state index < -0.39 is 5.97 Å². The number of amides is 2. The van der Waals surface area contributed by atoms with Crippen LogP contribution in [0.3, 0.4) is 0 Å². The second-order valence-corrected chi connectivity index (χ2v) is 9.07. The molecule has 0 atom stereocenters. The number of rotatable bonds is 32. The Kier molecular flexibility index (Phi) is 29.2. The fourth-order valence-electron chi connectivity index (χ4n) is 3.23. The van der Waals surface area contributed by atoms with Crippen LogP contribution >= 0.6 is 0 Å². The maximum absolute atomic E-state index is 11.7. The summed E-state index contributed by atoms with van der Waals surface area (Å²) in [5.74, 6) is -0.825. The lowest BCUT2D eigenvalue weighted by Gasteiger charge is -2.09. The van der Waals surface area contributed by atoms with Crippen molar-refractivity contribution in [2.75, 3.05) is 92.4 Å². The molecule has 0 fully saturated rings. The van der Waals surface area contributed by atoms with Crippen molar-refractivity contribution in [3.8, 4) is 0 Å². The van der Waals surface area contributed by atoms with Crippen LogP contribution < -0.4 is 10.6 Å². The summed E-state index contributed by atoms with van der Waals surface area (Å²) in [5.41, 5.74) is 0. The fraction of sp³-hybridized carbons (Fsp3) is 0.857. The number of carbonyl (C=O) groups excluding carboxylic acids is 3. The Labute approximate surface area is 244 Å². The first-order valence-electron chi connectivity index (χ1n) is 14.7. The summed E-state index contributed by atoms with van der Waals surface area (Å²) in [5, 5.41) is 14.1. The summed E-state index contributed by atoms with van der Waals surface area (Å²) < 4.78 is 32.4. The van der Waals surface area contributed by atoms with Gasteiger partial charge in [-0.2, -0.15) is 0 Å². The minimum absolute atomic E-state index is 0.0114. The molecule has 240 valence electrons. The molecule has 0 unspecified atom stereocenters. The zero-order valence-electron chi connectivity index (χ0n) is 24.8. The molecule has 0 aliphatic rings. The van der Waals surface area contributed by atoms with Gasteiger partial charge >= 0.3 is 5.97 Å². The largest absolute Gasteiger partial charge is 0.481 e. The van der Waals surface area contributed by atoms with Gasteiger partial charge < -0.3 is 44.2 Å². The second kappa shape index (κ2) is 30.8. The van der Waals surface area contributed by atoms with Crippen molar-refractivity contribution < 1.29 is 52.7 Å². The van der Waals surface area contributed by atoms with E-state index in [1.807, 2.05) is 6.92 Å². The zero-order valence-corrected chi connectivity index (χ0v) is 24.8. The molecule has 0 radical (unpaired) electrons. The third-order valence-corrected chi connectivity index (χ3v) is 5.55. The Bertz CT molecular complexity index is 665. The quantitative estimate of drug-likeness (QED) is 0.0968. The number of aliphatic carboxylic acids is 1. The Morgan fingerprint density at radius 1 is 0.488 bits per heavy atom. The molecule has 0 bridgehead atoms. The lowest BCUT2D eigenvalue weighted by molar-refractivity contribution is -0.137. The highest BCUT2D eigenvalue weighted by molar-refractivity contribution is 5.78. The van der Waals surface area contributed by atoms with Gasteiger partial charge in [0.2, 0.25) is 11.8 Å². The molecule has 0 aromatic rings. The van der Waals surface area contributed by atoms with E-state index in [9.17, 15) is 19.2 Å². The van der Waals surface area contributed by atoms with Crippen LogP contribution in [0, 0.1) is 0 Å². The van der Waals surface area contributed by atoms with Crippen molar-refractivity contribution in [3.63, 3.8) is 0 Å². The third kappa shape index (κ3) is 32.2. The lowest BCUT2D eigenvalue weighted by atomic mass is 10.1. The van der Waals surface area contributed by atoms with Crippen LogP contribution in [0.1, 0.15) is 64.7 Å². The predicted molar refractivity (Wildman–Crippen MR) is 151 cm³/mol. The maximum atomic E-state index is 11.7. The molecule has 41 heavy (non-hydrogen) atoms. The van der Waals surface area contributed by atoms with Gasteiger partial charge in [-0.05, 0) is 19.3 Å². The molecule has 0 saturated heterocycles. The molecule has 13 heteroatoms. The molecule has 0 heterocycles. The van der Waals surface area contributed by atoms with Gasteiger partial charge in [0, 0.05) is 45.2 Å². The van der Waals surface area contributed by atoms with Crippen LogP contribution in [0.25, 0.3) is 0 Å². The molecule has 0 rings (SSSR count). The molecular formula is C28H52N2O11. The Morgan fingerprint density at radius 3 is 1.46 bits per heavy atom. The van der Waals surface area contributed by atoms with Crippen molar-refractivity contribution in [1.82, 2.24) is 10.6 Å². The highest BCUT2D eigenvalue weighted by atomic mass is 16.6. The number of ether oxygens (including phenoxy) is 6. The first kappa shape index (κ1) is 38.8. The topological polar surface area (TPSA) is 168 Å². The molecule has 0 aromatic carbocycles. The van der Waals surface area contributed by atoms with E-state index in [1.54, 1.807) is 0 Å². The zero-order chi connectivity index (χ0) is 30.2. The Hall–Kier alpha value is -2.16. The number of unbranched alkanes of at least 4 members (excludes halogenated alkanes) is 2. The molecule has 0 spiro atoms. The van der Waals surface area contributed by atoms with E-state index in [-0.39, 0.29) is 24.7 Å². The summed E-state index contributed by atoms with van der Waals surface area (Å²) in [6.45, 7) is 7.97. The van der Waals surface area contributed by atoms with Crippen molar-refractivity contribution in [2.45, 2.75) is 64.7 Å². The highest BCUT2D eigenvalue weighted by Crippen LogP contribution is 2.01. The SMILES string of the molecule is CCC(=O)CCCCCNC(=O)CCOCCOCCOCCOCCOCCOCCNC(=O)CCCC(=O)O. The molecule has 2 amide bonds. The molecule has 0 saturated carbocycles. The number of carbonyl (C=O) groups is 4. The molecule has 13 nitrogen and oxygen atoms in total. The van der Waals surface area contributed by atoms with Gasteiger partial charge in [0.15, 0.2) is 0 Å². The smallest absolute Gasteiger partial charge is 0.303 e. The number of hydrogen-bond donors (Lipinski definition) is 3. The number of nitrogens with one attached hydrogen (secondary N) is 2. The number of hydrogen-bond acceptors (Lipinski definition) is 10. The van der Waals surface area contributed by atoms with Crippen LogP contribution in [0.2, 0.25) is 0 Å². The van der Waals surface area contributed by atoms with Crippen LogP contribution in [0.5, 0.6) is 0 Å². The van der Waals surface area contributed by atoms with E-state index >= 15 is 0 Å². The van der Waals surface area contributed by atoms with Gasteiger partial charge in [-0.15, -0.1) is 0 Å². The number of carboxylic acid groups (broad SMARTS) is 1. The normalized spacial score (nSPS) is 11.0. The van der Waals surface area contributed by atoms with Crippen LogP contribution in [-0.4, -0.2) is 121 Å². The van der Waals surface area contributed by atoms with Gasteiger partial charge in [0.1, 0.15) is 5.78 Å². The van der Waals surface area contributed by atoms with Gasteiger partial charge in [-0.3, -0.25) is 19.2 Å². The number of ketones is 1. The summed E-state index contributed by atoms with van der Waals surface area (Å²) in [6.07, 6.45) is 4.75. The van der Waals surface area contributed by atoms with E-state index in [1.165, 1.54) is 0 Å². The maximum Gasteiger partial charge on any atom is 0.303 e. The van der Waals surface area contributed by atoms with Crippen molar-refractivity contribution in [3.05, 3.63) is 0 Å². The number of Topliss-reactive ketones (excluding diaryl/α,β-unsaturated/α-hetero) is 1. The second-order valence-electron chi connectivity index (χ2n) is 9.07. The minimum Gasteiger partial charge on any atom is -0.481 e. The molecule has 0 aliphatic heterocycles. The average molecular weight is 593 g/mol. The molecular weight excluding hydrogens is 540 g/mol. The van der Waals surface area contributed by atoms with Gasteiger partial charge in [0.05, 0.1) is 79.3 Å². The van der Waals surface area contributed by atoms with Crippen LogP contribution in [0.4, 0.5) is 0 Å². The summed E-state index contributed by atoms with van der Waals surface area (Å²) in [4.78, 5) is 44.8. The van der Waals surface area contributed by atoms with Gasteiger partial charge in [0.25, 0.3) is 0 Å². The summed E-state index contributed by atoms with van der Waals surface area (Å²) >= 11 is 0. The Morgan fingerprint density at radius 2 is 0.951 bits per heavy atom. The molecule has 3 N–H and O–H groups in total. The Balaban J connectivity index is 3.19. The van der Waals surface area contributed by atoms with E-state index in [2.05, 4.69) is 10.6 Å². The average Bonchev–Trinajstić information content (AvgIpc) is 2.95. The highest BCUT2D eigenvalue weighted by Gasteiger charge is 2.04. The van der Waals surface area contributed by atoms with Crippen LogP contribution in [-0.2, 0) is 47.6 Å². The van der Waals surface area contributed by atoms with Crippen molar-refractivity contribution in [1.29, 1.82) is 0 Å². The number of carboxylic acids is 1. The molecule has 0 aromatic heterocycles. The molecule has 0 aliphatic carbocycles. The standard InChI is InChI=1S/C28H52N2O11/c1-2-25(31)7-4-3-5-11-29-27(33)10-13-36-15-17-38-19-21-40-23-24-41-22-20-39-18-16-37-14-12-30-26(32)8-6-9-28(34)35/h2-24H2,1H3,(H,29,33)(H,30,32)(H,34,35). The van der Waals surface area contributed by atoms with Gasteiger partial charge in [-0.25, -0.2) is 0 Å². The monoisotopic (exact) mass is 592 g/mol. The van der Waals surface area contributed by atoms with E-state index in [0.717, 1.165) is 19.3 Å². The lowest BCUT2D eigenvalue weighted by Crippen LogP contribution is -2.27. The fourth-order valence-corrected chi connectivity index (χ4v) is 3.23. The third-order valence-electron chi connectivity index (χ3n) is 5.55. The summed E-state index contributed by atoms with van der Waals surface area (Å²) in [6, 6.07) is 0. The van der Waals surface area contributed by atoms with E-state index in [4.69, 9.17) is 33.5 Å². The van der Waals surface area contributed by atoms with Crippen LogP contribution in [0.15, 0.2) is 0 Å². The predicted octanol–water partition coefficient (Wildman–Crippen LogP) is 1.50. The van der Waals surface area contributed by atoms with Crippen molar-refractivity contribution >= 4 is 23.6 Å². The first-order chi connectivity index (χ1) is 20.0. The van der Waals surface area contributed by atoms with E-state index in [0.29, 0.717) is 124 Å². The first-order valence-corrected chi connectivity index (χ1v) is 14.7. The minimum atomic E-state index is -0.905. The summed E-state index contributed by atoms with van der Waals surface area (Å²) in [7, 11) is 0.